The van der Waals surface area contributed by atoms with E-state index in [0.29, 0.717) is 16.4 Å². The van der Waals surface area contributed by atoms with Crippen LogP contribution in [0.25, 0.3) is 0 Å². The SMILES string of the molecule is CC[C@H](C(=O)NCC(C)C)N(Cc1ccc(F)cc1)C(=O)CN1C(=O)c2ccccc2S1(=O)=O. The maximum atomic E-state index is 13.4. The van der Waals surface area contributed by atoms with Crippen LogP contribution in [0.5, 0.6) is 0 Å². The molecule has 0 bridgehead atoms. The zero-order valence-electron chi connectivity index (χ0n) is 19.3. The minimum Gasteiger partial charge on any atom is -0.354 e. The Morgan fingerprint density at radius 1 is 1.09 bits per heavy atom. The van der Waals surface area contributed by atoms with E-state index in [2.05, 4.69) is 5.32 Å². The fourth-order valence-corrected chi connectivity index (χ4v) is 5.25. The van der Waals surface area contributed by atoms with Crippen LogP contribution in [-0.4, -0.2) is 54.5 Å². The molecule has 8 nitrogen and oxygen atoms in total. The van der Waals surface area contributed by atoms with Crippen LogP contribution in [0.1, 0.15) is 43.1 Å². The normalized spacial score (nSPS) is 15.2. The molecule has 0 saturated heterocycles. The number of hydrogen-bond donors (Lipinski definition) is 1. The Morgan fingerprint density at radius 3 is 2.32 bits per heavy atom. The van der Waals surface area contributed by atoms with Gasteiger partial charge in [-0.15, -0.1) is 0 Å². The Bertz CT molecular complexity index is 1180. The highest BCUT2D eigenvalue weighted by Crippen LogP contribution is 2.30. The van der Waals surface area contributed by atoms with Gasteiger partial charge in [-0.25, -0.2) is 17.1 Å². The Balaban J connectivity index is 1.90. The molecule has 0 aliphatic carbocycles. The molecule has 0 saturated carbocycles. The lowest BCUT2D eigenvalue weighted by Crippen LogP contribution is -2.52. The molecule has 3 amide bonds. The highest BCUT2D eigenvalue weighted by molar-refractivity contribution is 7.90. The zero-order chi connectivity index (χ0) is 25.0. The van der Waals surface area contributed by atoms with Crippen molar-refractivity contribution in [2.75, 3.05) is 13.1 Å². The molecule has 0 aromatic heterocycles. The van der Waals surface area contributed by atoms with E-state index in [4.69, 9.17) is 0 Å². The lowest BCUT2D eigenvalue weighted by Gasteiger charge is -2.32. The van der Waals surface area contributed by atoms with Crippen LogP contribution in [0.15, 0.2) is 53.4 Å². The van der Waals surface area contributed by atoms with Crippen molar-refractivity contribution in [3.05, 3.63) is 65.5 Å². The number of benzene rings is 2. The van der Waals surface area contributed by atoms with Gasteiger partial charge >= 0.3 is 0 Å². The minimum absolute atomic E-state index is 0.00195. The number of sulfonamides is 1. The first kappa shape index (κ1) is 25.4. The third-order valence-electron chi connectivity index (χ3n) is 5.53. The zero-order valence-corrected chi connectivity index (χ0v) is 20.1. The predicted octanol–water partition coefficient (Wildman–Crippen LogP) is 2.55. The maximum absolute atomic E-state index is 13.4. The number of nitrogens with zero attached hydrogens (tertiary/aromatic N) is 2. The van der Waals surface area contributed by atoms with Gasteiger partial charge in [-0.05, 0) is 42.2 Å². The molecule has 10 heteroatoms. The molecular weight excluding hydrogens is 461 g/mol. The second kappa shape index (κ2) is 10.3. The van der Waals surface area contributed by atoms with E-state index in [9.17, 15) is 27.2 Å². The average molecular weight is 490 g/mol. The van der Waals surface area contributed by atoms with Gasteiger partial charge in [0.2, 0.25) is 11.8 Å². The van der Waals surface area contributed by atoms with E-state index < -0.39 is 40.2 Å². The second-order valence-corrected chi connectivity index (χ2v) is 10.4. The van der Waals surface area contributed by atoms with Crippen LogP contribution < -0.4 is 5.32 Å². The molecule has 1 aliphatic rings. The summed E-state index contributed by atoms with van der Waals surface area (Å²) in [7, 11) is -4.19. The highest BCUT2D eigenvalue weighted by atomic mass is 32.2. The first-order chi connectivity index (χ1) is 16.1. The molecule has 1 N–H and O–H groups in total. The molecule has 0 unspecified atom stereocenters. The van der Waals surface area contributed by atoms with Crippen LogP contribution in [0.4, 0.5) is 4.39 Å². The molecule has 182 valence electrons. The third-order valence-corrected chi connectivity index (χ3v) is 7.31. The predicted molar refractivity (Wildman–Crippen MR) is 124 cm³/mol. The van der Waals surface area contributed by atoms with Crippen molar-refractivity contribution >= 4 is 27.7 Å². The maximum Gasteiger partial charge on any atom is 0.269 e. The standard InChI is InChI=1S/C24H28FN3O5S/c1-4-20(23(30)26-13-16(2)3)27(14-17-9-11-18(25)12-10-17)22(29)15-28-24(31)19-7-5-6-8-21(19)34(28,32)33/h5-12,16,20H,4,13-15H2,1-3H3,(H,26,30)/t20-/m1/s1. The molecule has 1 heterocycles. The number of amides is 3. The molecule has 2 aromatic rings. The Morgan fingerprint density at radius 2 is 1.74 bits per heavy atom. The summed E-state index contributed by atoms with van der Waals surface area (Å²) in [6, 6.07) is 10.3. The quantitative estimate of drug-likeness (QED) is 0.583. The lowest BCUT2D eigenvalue weighted by atomic mass is 10.1. The van der Waals surface area contributed by atoms with Gasteiger partial charge in [0.1, 0.15) is 23.3 Å². The van der Waals surface area contributed by atoms with Crippen LogP contribution in [0.3, 0.4) is 0 Å². The third kappa shape index (κ3) is 5.27. The summed E-state index contributed by atoms with van der Waals surface area (Å²) in [6.45, 7) is 5.21. The molecule has 1 aliphatic heterocycles. The van der Waals surface area contributed by atoms with E-state index in [1.165, 1.54) is 47.4 Å². The van der Waals surface area contributed by atoms with Crippen LogP contribution in [0, 0.1) is 11.7 Å². The summed E-state index contributed by atoms with van der Waals surface area (Å²) < 4.78 is 39.7. The molecule has 1 atom stereocenters. The summed E-state index contributed by atoms with van der Waals surface area (Å²) >= 11 is 0. The summed E-state index contributed by atoms with van der Waals surface area (Å²) in [5.41, 5.74) is 0.561. The summed E-state index contributed by atoms with van der Waals surface area (Å²) in [5, 5.41) is 2.80. The highest BCUT2D eigenvalue weighted by Gasteiger charge is 2.43. The smallest absolute Gasteiger partial charge is 0.269 e. The monoisotopic (exact) mass is 489 g/mol. The van der Waals surface area contributed by atoms with Crippen molar-refractivity contribution in [2.45, 2.75) is 44.7 Å². The van der Waals surface area contributed by atoms with E-state index >= 15 is 0 Å². The lowest BCUT2D eigenvalue weighted by molar-refractivity contribution is -0.141. The molecule has 3 rings (SSSR count). The van der Waals surface area contributed by atoms with Crippen molar-refractivity contribution in [2.24, 2.45) is 5.92 Å². The summed E-state index contributed by atoms with van der Waals surface area (Å²) in [6.07, 6.45) is 0.262. The van der Waals surface area contributed by atoms with Gasteiger partial charge in [0.05, 0.1) is 5.56 Å². The molecular formula is C24H28FN3O5S. The number of nitrogens with one attached hydrogen (secondary N) is 1. The first-order valence-electron chi connectivity index (χ1n) is 11.0. The van der Waals surface area contributed by atoms with Crippen molar-refractivity contribution in [1.29, 1.82) is 0 Å². The molecule has 2 aromatic carbocycles. The van der Waals surface area contributed by atoms with Crippen molar-refractivity contribution in [3.63, 3.8) is 0 Å². The van der Waals surface area contributed by atoms with Crippen molar-refractivity contribution in [3.8, 4) is 0 Å². The largest absolute Gasteiger partial charge is 0.354 e. The second-order valence-electron chi connectivity index (χ2n) is 8.52. The van der Waals surface area contributed by atoms with Crippen molar-refractivity contribution in [1.82, 2.24) is 14.5 Å². The summed E-state index contributed by atoms with van der Waals surface area (Å²) in [4.78, 5) is 40.2. The number of fused-ring (bicyclic) bond motifs is 1. The molecule has 34 heavy (non-hydrogen) atoms. The van der Waals surface area contributed by atoms with Gasteiger partial charge in [0.15, 0.2) is 0 Å². The van der Waals surface area contributed by atoms with Crippen LogP contribution >= 0.6 is 0 Å². The van der Waals surface area contributed by atoms with E-state index in [0.717, 1.165) is 0 Å². The van der Waals surface area contributed by atoms with Gasteiger partial charge in [-0.3, -0.25) is 14.4 Å². The van der Waals surface area contributed by atoms with Gasteiger partial charge in [0.25, 0.3) is 15.9 Å². The topological polar surface area (TPSA) is 104 Å². The number of halogens is 1. The van der Waals surface area contributed by atoms with Crippen LogP contribution in [-0.2, 0) is 26.2 Å². The molecule has 0 fully saturated rings. The Labute approximate surface area is 198 Å². The van der Waals surface area contributed by atoms with Gasteiger partial charge < -0.3 is 10.2 Å². The van der Waals surface area contributed by atoms with E-state index in [1.807, 2.05) is 13.8 Å². The number of rotatable bonds is 9. The number of carbonyl (C=O) groups is 3. The Kier molecular flexibility index (Phi) is 7.71. The Hall–Kier alpha value is -3.27. The number of carbonyl (C=O) groups excluding carboxylic acids is 3. The van der Waals surface area contributed by atoms with Crippen molar-refractivity contribution < 1.29 is 27.2 Å². The van der Waals surface area contributed by atoms with Gasteiger partial charge in [-0.2, -0.15) is 0 Å². The van der Waals surface area contributed by atoms with E-state index in [-0.39, 0.29) is 35.2 Å². The van der Waals surface area contributed by atoms with Crippen LogP contribution in [0.2, 0.25) is 0 Å². The fraction of sp³-hybridized carbons (Fsp3) is 0.375. The first-order valence-corrected chi connectivity index (χ1v) is 12.5. The van der Waals surface area contributed by atoms with Gasteiger partial charge in [0, 0.05) is 13.1 Å². The molecule has 0 radical (unpaired) electrons. The number of hydrogen-bond acceptors (Lipinski definition) is 5. The average Bonchev–Trinajstić information content (AvgIpc) is 2.99. The fourth-order valence-electron chi connectivity index (χ4n) is 3.73. The van der Waals surface area contributed by atoms with E-state index in [1.54, 1.807) is 13.0 Å². The molecule has 0 spiro atoms. The minimum atomic E-state index is -4.19. The summed E-state index contributed by atoms with van der Waals surface area (Å²) in [5.74, 6) is -2.14. The van der Waals surface area contributed by atoms with Gasteiger partial charge in [-0.1, -0.05) is 45.0 Å².